The molecule has 1 aromatic heterocycles. The maximum atomic E-state index is 11.9. The van der Waals surface area contributed by atoms with Crippen LogP contribution in [-0.4, -0.2) is 31.4 Å². The number of rotatable bonds is 6. The number of nitrogens with one attached hydrogen (secondary N) is 1. The summed E-state index contributed by atoms with van der Waals surface area (Å²) < 4.78 is 25.9. The van der Waals surface area contributed by atoms with Crippen LogP contribution in [0.15, 0.2) is 14.1 Å². The molecule has 19 heavy (non-hydrogen) atoms. The predicted octanol–water partition coefficient (Wildman–Crippen LogP) is 0.771. The Morgan fingerprint density at radius 1 is 1.58 bits per heavy atom. The molecule has 0 bridgehead atoms. The van der Waals surface area contributed by atoms with Gasteiger partial charge in [-0.15, -0.1) is 11.3 Å². The lowest BCUT2D eigenvalue weighted by molar-refractivity contribution is -0.140. The van der Waals surface area contributed by atoms with E-state index in [9.17, 15) is 18.0 Å². The molecule has 0 aromatic carbocycles. The van der Waals surface area contributed by atoms with Gasteiger partial charge in [-0.25, -0.2) is 8.42 Å². The highest BCUT2D eigenvalue weighted by atomic mass is 79.9. The van der Waals surface area contributed by atoms with Crippen LogP contribution in [0.1, 0.15) is 6.42 Å². The molecule has 11 heteroatoms. The van der Waals surface area contributed by atoms with E-state index >= 15 is 0 Å². The number of hydrogen-bond acceptors (Lipinski definition) is 5. The van der Waals surface area contributed by atoms with Crippen molar-refractivity contribution in [1.29, 1.82) is 0 Å². The molecule has 0 aliphatic heterocycles. The SMILES string of the molecule is NC(=O)C[C@H](NS(=O)(=O)c1cc(Cl)c(Br)s1)C(=O)O. The van der Waals surface area contributed by atoms with Crippen LogP contribution in [0.3, 0.4) is 0 Å². The summed E-state index contributed by atoms with van der Waals surface area (Å²) in [5.41, 5.74) is 4.85. The second-order valence-electron chi connectivity index (χ2n) is 3.37. The van der Waals surface area contributed by atoms with Crippen molar-refractivity contribution in [2.45, 2.75) is 16.7 Å². The zero-order valence-corrected chi connectivity index (χ0v) is 13.1. The Labute approximate surface area is 125 Å². The van der Waals surface area contributed by atoms with Gasteiger partial charge in [0.15, 0.2) is 0 Å². The number of carbonyl (C=O) groups is 2. The Hall–Kier alpha value is -0.680. The molecule has 0 aliphatic rings. The highest BCUT2D eigenvalue weighted by Gasteiger charge is 2.28. The molecule has 0 spiro atoms. The Balaban J connectivity index is 3.00. The number of amides is 1. The number of thiophene rings is 1. The topological polar surface area (TPSA) is 127 Å². The Bertz CT molecular complexity index is 595. The van der Waals surface area contributed by atoms with Crippen LogP contribution < -0.4 is 10.5 Å². The van der Waals surface area contributed by atoms with E-state index in [1.807, 2.05) is 4.72 Å². The van der Waals surface area contributed by atoms with Gasteiger partial charge in [0.05, 0.1) is 15.2 Å². The van der Waals surface area contributed by atoms with Crippen molar-refractivity contribution in [1.82, 2.24) is 4.72 Å². The molecule has 106 valence electrons. The Morgan fingerprint density at radius 2 is 2.16 bits per heavy atom. The monoisotopic (exact) mass is 390 g/mol. The molecule has 0 aliphatic carbocycles. The molecule has 1 rings (SSSR count). The third-order valence-corrected chi connectivity index (χ3v) is 6.31. The van der Waals surface area contributed by atoms with E-state index in [1.165, 1.54) is 6.07 Å². The first kappa shape index (κ1) is 16.4. The van der Waals surface area contributed by atoms with E-state index in [0.717, 1.165) is 11.3 Å². The van der Waals surface area contributed by atoms with Crippen molar-refractivity contribution in [2.75, 3.05) is 0 Å². The van der Waals surface area contributed by atoms with E-state index in [4.69, 9.17) is 22.4 Å². The van der Waals surface area contributed by atoms with Gasteiger partial charge in [-0.3, -0.25) is 9.59 Å². The summed E-state index contributed by atoms with van der Waals surface area (Å²) in [5, 5.41) is 9.01. The molecule has 1 heterocycles. The first-order valence-corrected chi connectivity index (χ1v) is 8.09. The van der Waals surface area contributed by atoms with E-state index in [0.29, 0.717) is 3.79 Å². The van der Waals surface area contributed by atoms with E-state index in [1.54, 1.807) is 0 Å². The maximum absolute atomic E-state index is 11.9. The molecule has 0 radical (unpaired) electrons. The lowest BCUT2D eigenvalue weighted by Crippen LogP contribution is -2.43. The third-order valence-electron chi connectivity index (χ3n) is 1.89. The molecular formula is C8H8BrClN2O5S2. The third kappa shape index (κ3) is 4.42. The quantitative estimate of drug-likeness (QED) is 0.660. The van der Waals surface area contributed by atoms with E-state index in [2.05, 4.69) is 15.9 Å². The average molecular weight is 392 g/mol. The van der Waals surface area contributed by atoms with Gasteiger partial charge < -0.3 is 10.8 Å². The summed E-state index contributed by atoms with van der Waals surface area (Å²) in [6.45, 7) is 0. The number of sulfonamides is 1. The molecular weight excluding hydrogens is 384 g/mol. The first-order chi connectivity index (χ1) is 8.63. The fourth-order valence-electron chi connectivity index (χ4n) is 1.09. The minimum atomic E-state index is -4.09. The van der Waals surface area contributed by atoms with Gasteiger partial charge in [0.1, 0.15) is 10.3 Å². The number of primary amides is 1. The zero-order valence-electron chi connectivity index (χ0n) is 9.09. The lowest BCUT2D eigenvalue weighted by Gasteiger charge is -2.11. The number of carboxylic acids is 1. The summed E-state index contributed by atoms with van der Waals surface area (Å²) in [6, 6.07) is -0.455. The Morgan fingerprint density at radius 3 is 2.53 bits per heavy atom. The van der Waals surface area contributed by atoms with Crippen molar-refractivity contribution < 1.29 is 23.1 Å². The van der Waals surface area contributed by atoms with Gasteiger partial charge in [-0.05, 0) is 22.0 Å². The second kappa shape index (κ2) is 6.18. The van der Waals surface area contributed by atoms with Crippen LogP contribution in [0, 0.1) is 0 Å². The van der Waals surface area contributed by atoms with E-state index < -0.39 is 34.4 Å². The average Bonchev–Trinajstić information content (AvgIpc) is 2.58. The van der Waals surface area contributed by atoms with Gasteiger partial charge in [0, 0.05) is 0 Å². The molecule has 0 fully saturated rings. The van der Waals surface area contributed by atoms with Crippen molar-refractivity contribution >= 4 is 60.8 Å². The van der Waals surface area contributed by atoms with Crippen LogP contribution in [0.5, 0.6) is 0 Å². The standard InChI is InChI=1S/C8H8BrClN2O5S2/c9-7-3(10)1-6(18-7)19(16,17)12-4(8(14)15)2-5(11)13/h1,4,12H,2H2,(H2,11,13)(H,14,15)/t4-/m0/s1. The van der Waals surface area contributed by atoms with Crippen LogP contribution >= 0.6 is 38.9 Å². The molecule has 1 aromatic rings. The Kier molecular flexibility index (Phi) is 5.33. The summed E-state index contributed by atoms with van der Waals surface area (Å²) in [5.74, 6) is -2.43. The van der Waals surface area contributed by atoms with Crippen molar-refractivity contribution in [3.63, 3.8) is 0 Å². The zero-order chi connectivity index (χ0) is 14.8. The highest BCUT2D eigenvalue weighted by Crippen LogP contribution is 2.34. The van der Waals surface area contributed by atoms with Gasteiger partial charge in [0.25, 0.3) is 10.0 Å². The summed E-state index contributed by atoms with van der Waals surface area (Å²) >= 11 is 9.57. The van der Waals surface area contributed by atoms with E-state index in [-0.39, 0.29) is 9.23 Å². The smallest absolute Gasteiger partial charge is 0.322 e. The highest BCUT2D eigenvalue weighted by molar-refractivity contribution is 9.11. The molecule has 0 saturated carbocycles. The second-order valence-corrected chi connectivity index (χ2v) is 8.09. The number of hydrogen-bond donors (Lipinski definition) is 3. The van der Waals surface area contributed by atoms with Gasteiger partial charge >= 0.3 is 5.97 Å². The molecule has 0 unspecified atom stereocenters. The molecule has 1 amide bonds. The fourth-order valence-corrected chi connectivity index (χ4v) is 4.69. The lowest BCUT2D eigenvalue weighted by atomic mass is 10.2. The number of nitrogens with two attached hydrogens (primary N) is 1. The van der Waals surface area contributed by atoms with Crippen LogP contribution in [-0.2, 0) is 19.6 Å². The van der Waals surface area contributed by atoms with Crippen molar-refractivity contribution in [2.24, 2.45) is 5.73 Å². The molecule has 7 nitrogen and oxygen atoms in total. The minimum absolute atomic E-state index is 0.167. The van der Waals surface area contributed by atoms with Crippen LogP contribution in [0.25, 0.3) is 0 Å². The maximum Gasteiger partial charge on any atom is 0.322 e. The fraction of sp³-hybridized carbons (Fsp3) is 0.250. The largest absolute Gasteiger partial charge is 0.480 e. The number of aliphatic carboxylic acids is 1. The van der Waals surface area contributed by atoms with Crippen molar-refractivity contribution in [3.8, 4) is 0 Å². The first-order valence-electron chi connectivity index (χ1n) is 4.61. The summed E-state index contributed by atoms with van der Waals surface area (Å²) in [6.07, 6.45) is -0.644. The minimum Gasteiger partial charge on any atom is -0.480 e. The van der Waals surface area contributed by atoms with Gasteiger partial charge in [0.2, 0.25) is 5.91 Å². The normalized spacial score (nSPS) is 13.2. The van der Waals surface area contributed by atoms with Crippen LogP contribution in [0.4, 0.5) is 0 Å². The molecule has 4 N–H and O–H groups in total. The number of carbonyl (C=O) groups excluding carboxylic acids is 1. The predicted molar refractivity (Wildman–Crippen MR) is 72.6 cm³/mol. The molecule has 0 saturated heterocycles. The number of halogens is 2. The van der Waals surface area contributed by atoms with Crippen LogP contribution in [0.2, 0.25) is 5.02 Å². The van der Waals surface area contributed by atoms with Gasteiger partial charge in [-0.1, -0.05) is 11.6 Å². The number of carboxylic acid groups (broad SMARTS) is 1. The summed E-state index contributed by atoms with van der Waals surface area (Å²) in [4.78, 5) is 21.5. The van der Waals surface area contributed by atoms with Gasteiger partial charge in [-0.2, -0.15) is 4.72 Å². The van der Waals surface area contributed by atoms with Crippen molar-refractivity contribution in [3.05, 3.63) is 14.9 Å². The molecule has 1 atom stereocenters. The summed E-state index contributed by atoms with van der Waals surface area (Å²) in [7, 11) is -4.09.